The van der Waals surface area contributed by atoms with E-state index in [1.165, 1.54) is 0 Å². The lowest BCUT2D eigenvalue weighted by Gasteiger charge is -2.44. The highest BCUT2D eigenvalue weighted by molar-refractivity contribution is 5.16. The Kier molecular flexibility index (Phi) is 3.29. The summed E-state index contributed by atoms with van der Waals surface area (Å²) in [5, 5.41) is 9.92. The summed E-state index contributed by atoms with van der Waals surface area (Å²) in [6.07, 6.45) is -3.42. The Hall–Kier alpha value is -1.07. The lowest BCUT2D eigenvalue weighted by atomic mass is 9.85. The van der Waals surface area contributed by atoms with Gasteiger partial charge in [0.25, 0.3) is 0 Å². The van der Waals surface area contributed by atoms with Crippen LogP contribution in [0.1, 0.15) is 31.2 Å². The standard InChI is InChI=1S/C15H18F3NO/c16-15(17,18)14(20)8-12-6-7-13(9-14)19(12)10-11-4-2-1-3-5-11/h1-5,12-13,20H,6-10H2. The third kappa shape index (κ3) is 2.33. The van der Waals surface area contributed by atoms with E-state index < -0.39 is 11.8 Å². The number of piperidine rings is 1. The quantitative estimate of drug-likeness (QED) is 0.902. The molecule has 2 heterocycles. The summed E-state index contributed by atoms with van der Waals surface area (Å²) in [5.41, 5.74) is -1.38. The van der Waals surface area contributed by atoms with E-state index >= 15 is 0 Å². The Morgan fingerprint density at radius 1 is 1.10 bits per heavy atom. The van der Waals surface area contributed by atoms with Gasteiger partial charge >= 0.3 is 6.18 Å². The molecule has 2 bridgehead atoms. The first-order valence-electron chi connectivity index (χ1n) is 6.98. The van der Waals surface area contributed by atoms with Crippen molar-refractivity contribution in [1.29, 1.82) is 0 Å². The molecule has 20 heavy (non-hydrogen) atoms. The van der Waals surface area contributed by atoms with Crippen LogP contribution < -0.4 is 0 Å². The van der Waals surface area contributed by atoms with Crippen LogP contribution in [0.5, 0.6) is 0 Å². The molecule has 0 saturated carbocycles. The molecule has 2 aliphatic heterocycles. The van der Waals surface area contributed by atoms with Crippen LogP contribution in [0.4, 0.5) is 13.2 Å². The van der Waals surface area contributed by atoms with Crippen molar-refractivity contribution in [3.05, 3.63) is 35.9 Å². The zero-order valence-electron chi connectivity index (χ0n) is 11.1. The fourth-order valence-electron chi connectivity index (χ4n) is 3.60. The molecular formula is C15H18F3NO. The number of alkyl halides is 3. The van der Waals surface area contributed by atoms with E-state index in [0.717, 1.165) is 18.4 Å². The largest absolute Gasteiger partial charge is 0.417 e. The summed E-state index contributed by atoms with van der Waals surface area (Å²) in [7, 11) is 0. The van der Waals surface area contributed by atoms with Gasteiger partial charge in [-0.05, 0) is 18.4 Å². The zero-order chi connectivity index (χ0) is 14.4. The second-order valence-electron chi connectivity index (χ2n) is 5.98. The van der Waals surface area contributed by atoms with E-state index in [-0.39, 0.29) is 24.9 Å². The average molecular weight is 285 g/mol. The van der Waals surface area contributed by atoms with Crippen molar-refractivity contribution in [2.45, 2.75) is 56.1 Å². The van der Waals surface area contributed by atoms with Gasteiger partial charge in [-0.1, -0.05) is 30.3 Å². The molecule has 0 spiro atoms. The fraction of sp³-hybridized carbons (Fsp3) is 0.600. The Morgan fingerprint density at radius 2 is 1.65 bits per heavy atom. The summed E-state index contributed by atoms with van der Waals surface area (Å²) in [5.74, 6) is 0. The predicted octanol–water partition coefficient (Wildman–Crippen LogP) is 3.11. The minimum Gasteiger partial charge on any atom is -0.380 e. The van der Waals surface area contributed by atoms with Crippen molar-refractivity contribution in [3.8, 4) is 0 Å². The van der Waals surface area contributed by atoms with Crippen LogP contribution in [0.25, 0.3) is 0 Å². The number of halogens is 3. The van der Waals surface area contributed by atoms with E-state index in [1.807, 2.05) is 30.3 Å². The summed E-state index contributed by atoms with van der Waals surface area (Å²) in [6.45, 7) is 0.671. The highest BCUT2D eigenvalue weighted by Gasteiger charge is 2.60. The summed E-state index contributed by atoms with van der Waals surface area (Å²) >= 11 is 0. The molecule has 1 N–H and O–H groups in total. The van der Waals surface area contributed by atoms with Crippen LogP contribution in [0.3, 0.4) is 0 Å². The van der Waals surface area contributed by atoms with Crippen molar-refractivity contribution in [2.24, 2.45) is 0 Å². The van der Waals surface area contributed by atoms with Crippen molar-refractivity contribution >= 4 is 0 Å². The molecule has 2 fully saturated rings. The number of rotatable bonds is 2. The van der Waals surface area contributed by atoms with Gasteiger partial charge in [-0.25, -0.2) is 0 Å². The van der Waals surface area contributed by atoms with Crippen LogP contribution in [-0.4, -0.2) is 33.9 Å². The number of aliphatic hydroxyl groups is 1. The average Bonchev–Trinajstić information content (AvgIpc) is 2.63. The maximum atomic E-state index is 13.0. The van der Waals surface area contributed by atoms with Gasteiger partial charge in [0.1, 0.15) is 0 Å². The van der Waals surface area contributed by atoms with Gasteiger partial charge in [0.15, 0.2) is 5.60 Å². The predicted molar refractivity (Wildman–Crippen MR) is 69.0 cm³/mol. The van der Waals surface area contributed by atoms with Gasteiger partial charge < -0.3 is 5.11 Å². The third-order valence-corrected chi connectivity index (χ3v) is 4.65. The van der Waals surface area contributed by atoms with E-state index in [0.29, 0.717) is 6.54 Å². The Morgan fingerprint density at radius 3 is 2.15 bits per heavy atom. The smallest absolute Gasteiger partial charge is 0.380 e. The van der Waals surface area contributed by atoms with Gasteiger partial charge in [-0.15, -0.1) is 0 Å². The van der Waals surface area contributed by atoms with Crippen LogP contribution in [-0.2, 0) is 6.54 Å². The first-order valence-corrected chi connectivity index (χ1v) is 6.98. The molecule has 0 radical (unpaired) electrons. The first kappa shape index (κ1) is 13.9. The van der Waals surface area contributed by atoms with Crippen LogP contribution in [0.15, 0.2) is 30.3 Å². The molecule has 2 nitrogen and oxygen atoms in total. The molecule has 0 aromatic heterocycles. The summed E-state index contributed by atoms with van der Waals surface area (Å²) in [4.78, 5) is 2.13. The Balaban J connectivity index is 1.76. The van der Waals surface area contributed by atoms with Gasteiger partial charge in [-0.2, -0.15) is 13.2 Å². The summed E-state index contributed by atoms with van der Waals surface area (Å²) in [6, 6.07) is 9.45. The number of fused-ring (bicyclic) bond motifs is 2. The highest BCUT2D eigenvalue weighted by atomic mass is 19.4. The molecule has 2 saturated heterocycles. The normalized spacial score (nSPS) is 34.4. The van der Waals surface area contributed by atoms with Crippen molar-refractivity contribution in [3.63, 3.8) is 0 Å². The highest BCUT2D eigenvalue weighted by Crippen LogP contribution is 2.48. The van der Waals surface area contributed by atoms with Gasteiger partial charge in [0.05, 0.1) is 0 Å². The molecule has 1 aromatic carbocycles. The fourth-order valence-corrected chi connectivity index (χ4v) is 3.60. The van der Waals surface area contributed by atoms with E-state index in [9.17, 15) is 18.3 Å². The van der Waals surface area contributed by atoms with E-state index in [1.54, 1.807) is 0 Å². The Labute approximate surface area is 116 Å². The second kappa shape index (κ2) is 4.74. The maximum Gasteiger partial charge on any atom is 0.417 e. The minimum absolute atomic E-state index is 0.166. The number of hydrogen-bond donors (Lipinski definition) is 1. The first-order chi connectivity index (χ1) is 9.39. The topological polar surface area (TPSA) is 23.5 Å². The third-order valence-electron chi connectivity index (χ3n) is 4.65. The SMILES string of the molecule is OC1(C(F)(F)F)CC2CCC(C1)N2Cc1ccccc1. The van der Waals surface area contributed by atoms with Gasteiger partial charge in [-0.3, -0.25) is 4.90 Å². The van der Waals surface area contributed by atoms with Crippen LogP contribution in [0, 0.1) is 0 Å². The van der Waals surface area contributed by atoms with Crippen molar-refractivity contribution < 1.29 is 18.3 Å². The maximum absolute atomic E-state index is 13.0. The molecule has 3 rings (SSSR count). The zero-order valence-corrected chi connectivity index (χ0v) is 11.1. The monoisotopic (exact) mass is 285 g/mol. The lowest BCUT2D eigenvalue weighted by molar-refractivity contribution is -0.279. The van der Waals surface area contributed by atoms with Crippen molar-refractivity contribution in [2.75, 3.05) is 0 Å². The van der Waals surface area contributed by atoms with Crippen LogP contribution in [0.2, 0.25) is 0 Å². The molecule has 2 atom stereocenters. The lowest BCUT2D eigenvalue weighted by Crippen LogP contribution is -2.57. The summed E-state index contributed by atoms with van der Waals surface area (Å²) < 4.78 is 39.0. The molecule has 110 valence electrons. The van der Waals surface area contributed by atoms with Gasteiger partial charge in [0, 0.05) is 31.5 Å². The molecular weight excluding hydrogens is 267 g/mol. The number of nitrogens with zero attached hydrogens (tertiary/aromatic N) is 1. The Bertz CT molecular complexity index is 460. The molecule has 0 aliphatic carbocycles. The van der Waals surface area contributed by atoms with E-state index in [4.69, 9.17) is 0 Å². The molecule has 5 heteroatoms. The second-order valence-corrected chi connectivity index (χ2v) is 5.98. The molecule has 1 aromatic rings. The van der Waals surface area contributed by atoms with E-state index in [2.05, 4.69) is 4.90 Å². The van der Waals surface area contributed by atoms with Crippen molar-refractivity contribution in [1.82, 2.24) is 4.90 Å². The van der Waals surface area contributed by atoms with Crippen LogP contribution >= 0.6 is 0 Å². The minimum atomic E-state index is -4.52. The number of benzene rings is 1. The molecule has 2 aliphatic rings. The van der Waals surface area contributed by atoms with Gasteiger partial charge in [0.2, 0.25) is 0 Å². The molecule has 2 unspecified atom stereocenters. The molecule has 0 amide bonds. The number of hydrogen-bond acceptors (Lipinski definition) is 2.